The molecule has 92 valence electrons. The second kappa shape index (κ2) is 5.64. The average molecular weight is 226 g/mol. The first kappa shape index (κ1) is 11.9. The van der Waals surface area contributed by atoms with E-state index in [4.69, 9.17) is 0 Å². The molecule has 0 bridgehead atoms. The summed E-state index contributed by atoms with van der Waals surface area (Å²) < 4.78 is 0. The number of carbonyl (C=O) groups is 1. The van der Waals surface area contributed by atoms with Gasteiger partial charge in [-0.15, -0.1) is 0 Å². The van der Waals surface area contributed by atoms with Crippen LogP contribution in [-0.2, 0) is 4.79 Å². The van der Waals surface area contributed by atoms with E-state index in [1.165, 1.54) is 0 Å². The Bertz CT molecular complexity index is 239. The summed E-state index contributed by atoms with van der Waals surface area (Å²) >= 11 is 0. The highest BCUT2D eigenvalue weighted by Gasteiger charge is 2.28. The molecule has 1 aliphatic carbocycles. The molecule has 2 fully saturated rings. The van der Waals surface area contributed by atoms with E-state index < -0.39 is 0 Å². The van der Waals surface area contributed by atoms with Crippen molar-refractivity contribution in [2.45, 2.75) is 38.1 Å². The molecule has 3 unspecified atom stereocenters. The summed E-state index contributed by atoms with van der Waals surface area (Å²) in [5, 5.41) is 15.5. The van der Waals surface area contributed by atoms with Gasteiger partial charge < -0.3 is 15.7 Å². The molecule has 0 aromatic carbocycles. The third-order valence-corrected chi connectivity index (χ3v) is 3.88. The van der Waals surface area contributed by atoms with Crippen LogP contribution >= 0.6 is 0 Å². The summed E-state index contributed by atoms with van der Waals surface area (Å²) in [6.45, 7) is 2.22. The van der Waals surface area contributed by atoms with E-state index in [-0.39, 0.29) is 24.5 Å². The van der Waals surface area contributed by atoms with Crippen molar-refractivity contribution in [3.63, 3.8) is 0 Å². The lowest BCUT2D eigenvalue weighted by Gasteiger charge is -2.19. The lowest BCUT2D eigenvalue weighted by molar-refractivity contribution is -0.122. The highest BCUT2D eigenvalue weighted by Crippen LogP contribution is 2.25. The quantitative estimate of drug-likeness (QED) is 0.644. The summed E-state index contributed by atoms with van der Waals surface area (Å²) in [5.41, 5.74) is 0. The van der Waals surface area contributed by atoms with Crippen molar-refractivity contribution in [1.82, 2.24) is 10.6 Å². The summed E-state index contributed by atoms with van der Waals surface area (Å²) in [6, 6.07) is 0.215. The molecule has 3 atom stereocenters. The van der Waals surface area contributed by atoms with E-state index in [0.717, 1.165) is 38.8 Å². The molecular formula is C12H22N2O2. The van der Waals surface area contributed by atoms with Crippen LogP contribution in [0, 0.1) is 11.8 Å². The molecule has 2 rings (SSSR count). The second-order valence-corrected chi connectivity index (χ2v) is 5.11. The number of amides is 1. The average Bonchev–Trinajstić information content (AvgIpc) is 2.88. The van der Waals surface area contributed by atoms with Crippen molar-refractivity contribution in [2.24, 2.45) is 11.8 Å². The Hall–Kier alpha value is -0.610. The van der Waals surface area contributed by atoms with Crippen molar-refractivity contribution >= 4 is 5.91 Å². The van der Waals surface area contributed by atoms with Crippen molar-refractivity contribution in [1.29, 1.82) is 0 Å². The minimum Gasteiger partial charge on any atom is -0.396 e. The first-order valence-corrected chi connectivity index (χ1v) is 6.40. The molecule has 1 heterocycles. The third kappa shape index (κ3) is 2.95. The molecule has 1 aliphatic heterocycles. The van der Waals surface area contributed by atoms with Crippen molar-refractivity contribution < 1.29 is 9.90 Å². The lowest BCUT2D eigenvalue weighted by atomic mass is 10.0. The van der Waals surface area contributed by atoms with E-state index in [1.54, 1.807) is 0 Å². The fourth-order valence-electron chi connectivity index (χ4n) is 2.86. The predicted octanol–water partition coefficient (Wildman–Crippen LogP) is 0.263. The Morgan fingerprint density at radius 2 is 2.25 bits per heavy atom. The molecule has 3 N–H and O–H groups in total. The number of carbonyl (C=O) groups excluding carboxylic acids is 1. The second-order valence-electron chi connectivity index (χ2n) is 5.11. The van der Waals surface area contributed by atoms with Crippen molar-refractivity contribution in [3.8, 4) is 0 Å². The number of hydrogen-bond donors (Lipinski definition) is 3. The minimum absolute atomic E-state index is 0.166. The van der Waals surface area contributed by atoms with Crippen LogP contribution in [-0.4, -0.2) is 36.8 Å². The van der Waals surface area contributed by atoms with Crippen LogP contribution in [0.2, 0.25) is 0 Å². The molecule has 4 heteroatoms. The van der Waals surface area contributed by atoms with E-state index in [0.29, 0.717) is 12.3 Å². The van der Waals surface area contributed by atoms with Gasteiger partial charge in [0.05, 0.1) is 0 Å². The molecule has 0 aromatic heterocycles. The van der Waals surface area contributed by atoms with Gasteiger partial charge in [-0.2, -0.15) is 0 Å². The van der Waals surface area contributed by atoms with E-state index >= 15 is 0 Å². The van der Waals surface area contributed by atoms with Crippen molar-refractivity contribution in [2.75, 3.05) is 19.7 Å². The Balaban J connectivity index is 1.73. The highest BCUT2D eigenvalue weighted by molar-refractivity contribution is 5.76. The SMILES string of the molecule is O=C(CC1CCNC1)NC1CCCC1CO. The Morgan fingerprint density at radius 3 is 2.94 bits per heavy atom. The summed E-state index contributed by atoms with van der Waals surface area (Å²) in [5.74, 6) is 0.957. The zero-order valence-electron chi connectivity index (χ0n) is 9.74. The topological polar surface area (TPSA) is 61.4 Å². The van der Waals surface area contributed by atoms with Crippen LogP contribution in [0.5, 0.6) is 0 Å². The summed E-state index contributed by atoms with van der Waals surface area (Å²) in [6.07, 6.45) is 4.95. The maximum atomic E-state index is 11.8. The first-order valence-electron chi connectivity index (χ1n) is 6.40. The van der Waals surface area contributed by atoms with Gasteiger partial charge in [0, 0.05) is 25.0 Å². The van der Waals surface area contributed by atoms with Gasteiger partial charge in [-0.05, 0) is 38.3 Å². The van der Waals surface area contributed by atoms with Crippen molar-refractivity contribution in [3.05, 3.63) is 0 Å². The van der Waals surface area contributed by atoms with Gasteiger partial charge in [0.1, 0.15) is 0 Å². The molecule has 0 aromatic rings. The van der Waals surface area contributed by atoms with Gasteiger partial charge in [-0.3, -0.25) is 4.79 Å². The Morgan fingerprint density at radius 1 is 1.38 bits per heavy atom. The predicted molar refractivity (Wildman–Crippen MR) is 62.0 cm³/mol. The number of hydrogen-bond acceptors (Lipinski definition) is 3. The number of aliphatic hydroxyl groups excluding tert-OH is 1. The van der Waals surface area contributed by atoms with Gasteiger partial charge >= 0.3 is 0 Å². The number of aliphatic hydroxyl groups is 1. The van der Waals surface area contributed by atoms with Crippen LogP contribution < -0.4 is 10.6 Å². The molecule has 1 saturated heterocycles. The van der Waals surface area contributed by atoms with Crippen LogP contribution in [0.3, 0.4) is 0 Å². The minimum atomic E-state index is 0.166. The summed E-state index contributed by atoms with van der Waals surface area (Å²) in [7, 11) is 0. The molecular weight excluding hydrogens is 204 g/mol. The van der Waals surface area contributed by atoms with Gasteiger partial charge in [-0.25, -0.2) is 0 Å². The standard InChI is InChI=1S/C12H22N2O2/c15-8-10-2-1-3-11(10)14-12(16)6-9-4-5-13-7-9/h9-11,13,15H,1-8H2,(H,14,16). The fraction of sp³-hybridized carbons (Fsp3) is 0.917. The molecule has 2 aliphatic rings. The molecule has 1 saturated carbocycles. The molecule has 16 heavy (non-hydrogen) atoms. The van der Waals surface area contributed by atoms with Gasteiger partial charge in [0.2, 0.25) is 5.91 Å². The normalized spacial score (nSPS) is 34.2. The monoisotopic (exact) mass is 226 g/mol. The highest BCUT2D eigenvalue weighted by atomic mass is 16.3. The molecule has 1 amide bonds. The van der Waals surface area contributed by atoms with Crippen LogP contribution in [0.4, 0.5) is 0 Å². The maximum absolute atomic E-state index is 11.8. The third-order valence-electron chi connectivity index (χ3n) is 3.88. The smallest absolute Gasteiger partial charge is 0.220 e. The molecule has 4 nitrogen and oxygen atoms in total. The maximum Gasteiger partial charge on any atom is 0.220 e. The first-order chi connectivity index (χ1) is 7.79. The van der Waals surface area contributed by atoms with Gasteiger partial charge in [-0.1, -0.05) is 6.42 Å². The molecule has 0 spiro atoms. The molecule has 0 radical (unpaired) electrons. The number of rotatable bonds is 4. The van der Waals surface area contributed by atoms with Crippen LogP contribution in [0.1, 0.15) is 32.1 Å². The van der Waals surface area contributed by atoms with Gasteiger partial charge in [0.15, 0.2) is 0 Å². The summed E-state index contributed by atoms with van der Waals surface area (Å²) in [4.78, 5) is 11.8. The zero-order valence-corrected chi connectivity index (χ0v) is 9.74. The number of nitrogens with one attached hydrogen (secondary N) is 2. The van der Waals surface area contributed by atoms with E-state index in [1.807, 2.05) is 0 Å². The Labute approximate surface area is 96.8 Å². The van der Waals surface area contributed by atoms with E-state index in [9.17, 15) is 9.90 Å². The fourth-order valence-corrected chi connectivity index (χ4v) is 2.86. The Kier molecular flexibility index (Phi) is 4.18. The largest absolute Gasteiger partial charge is 0.396 e. The lowest BCUT2D eigenvalue weighted by Crippen LogP contribution is -2.39. The van der Waals surface area contributed by atoms with E-state index in [2.05, 4.69) is 10.6 Å². The van der Waals surface area contributed by atoms with Crippen LogP contribution in [0.15, 0.2) is 0 Å². The van der Waals surface area contributed by atoms with Gasteiger partial charge in [0.25, 0.3) is 0 Å². The zero-order chi connectivity index (χ0) is 11.4. The van der Waals surface area contributed by atoms with Crippen LogP contribution in [0.25, 0.3) is 0 Å².